The Labute approximate surface area is 109 Å². The molecule has 100 valence electrons. The zero-order valence-corrected chi connectivity index (χ0v) is 11.3. The van der Waals surface area contributed by atoms with Crippen molar-refractivity contribution in [3.8, 4) is 5.75 Å². The summed E-state index contributed by atoms with van der Waals surface area (Å²) in [6.45, 7) is 6.16. The van der Waals surface area contributed by atoms with Gasteiger partial charge in [0.1, 0.15) is 5.75 Å². The molecule has 4 heteroatoms. The molecule has 1 aliphatic heterocycles. The van der Waals surface area contributed by atoms with Crippen molar-refractivity contribution in [2.45, 2.75) is 25.5 Å². The minimum absolute atomic E-state index is 0.362. The Bertz CT molecular complexity index is 389. The first-order valence-corrected chi connectivity index (χ1v) is 6.35. The predicted molar refractivity (Wildman–Crippen MR) is 73.3 cm³/mol. The maximum atomic E-state index is 10.3. The molecule has 1 fully saturated rings. The van der Waals surface area contributed by atoms with E-state index in [1.54, 1.807) is 7.11 Å². The molecule has 18 heavy (non-hydrogen) atoms. The van der Waals surface area contributed by atoms with Crippen LogP contribution in [0.3, 0.4) is 0 Å². The van der Waals surface area contributed by atoms with Gasteiger partial charge in [0.2, 0.25) is 0 Å². The van der Waals surface area contributed by atoms with Crippen molar-refractivity contribution in [3.63, 3.8) is 0 Å². The lowest BCUT2D eigenvalue weighted by atomic mass is 10.1. The summed E-state index contributed by atoms with van der Waals surface area (Å²) in [5, 5.41) is 13.6. The largest absolute Gasteiger partial charge is 0.497 e. The van der Waals surface area contributed by atoms with Crippen molar-refractivity contribution in [3.05, 3.63) is 24.3 Å². The summed E-state index contributed by atoms with van der Waals surface area (Å²) in [5.74, 6) is 0.853. The third-order valence-electron chi connectivity index (χ3n) is 3.29. The van der Waals surface area contributed by atoms with E-state index in [2.05, 4.69) is 17.1 Å². The Hall–Kier alpha value is -1.26. The number of aliphatic hydroxyl groups is 1. The number of nitrogens with one attached hydrogen (secondary N) is 1. The SMILES string of the molecule is COc1ccc(N2CC(C)NCC(C)(O)C2)cc1. The van der Waals surface area contributed by atoms with Crippen molar-refractivity contribution in [2.24, 2.45) is 0 Å². The van der Waals surface area contributed by atoms with Crippen LogP contribution in [0.15, 0.2) is 24.3 Å². The number of hydrogen-bond donors (Lipinski definition) is 2. The molecular formula is C14H22N2O2. The van der Waals surface area contributed by atoms with Crippen LogP contribution in [-0.4, -0.2) is 43.5 Å². The van der Waals surface area contributed by atoms with Gasteiger partial charge in [-0.3, -0.25) is 0 Å². The molecule has 0 spiro atoms. The van der Waals surface area contributed by atoms with Crippen LogP contribution in [0.2, 0.25) is 0 Å². The summed E-state index contributed by atoms with van der Waals surface area (Å²) in [5.41, 5.74) is 0.414. The monoisotopic (exact) mass is 250 g/mol. The molecule has 1 saturated heterocycles. The molecule has 0 saturated carbocycles. The fraction of sp³-hybridized carbons (Fsp3) is 0.571. The van der Waals surface area contributed by atoms with Crippen LogP contribution in [0.25, 0.3) is 0 Å². The summed E-state index contributed by atoms with van der Waals surface area (Å²) in [7, 11) is 1.66. The number of nitrogens with zero attached hydrogens (tertiary/aromatic N) is 1. The van der Waals surface area contributed by atoms with Crippen LogP contribution in [0.4, 0.5) is 5.69 Å². The van der Waals surface area contributed by atoms with E-state index in [4.69, 9.17) is 4.74 Å². The summed E-state index contributed by atoms with van der Waals surface area (Å²) in [6.07, 6.45) is 0. The van der Waals surface area contributed by atoms with Crippen molar-refractivity contribution in [1.29, 1.82) is 0 Å². The fourth-order valence-corrected chi connectivity index (χ4v) is 2.31. The second-order valence-corrected chi connectivity index (χ2v) is 5.36. The summed E-state index contributed by atoms with van der Waals surface area (Å²) in [6, 6.07) is 8.33. The topological polar surface area (TPSA) is 44.7 Å². The van der Waals surface area contributed by atoms with Gasteiger partial charge in [-0.2, -0.15) is 0 Å². The Morgan fingerprint density at radius 2 is 2.06 bits per heavy atom. The van der Waals surface area contributed by atoms with Gasteiger partial charge in [0.25, 0.3) is 0 Å². The van der Waals surface area contributed by atoms with Gasteiger partial charge in [-0.05, 0) is 38.1 Å². The lowest BCUT2D eigenvalue weighted by molar-refractivity contribution is 0.0718. The third-order valence-corrected chi connectivity index (χ3v) is 3.29. The maximum Gasteiger partial charge on any atom is 0.119 e. The lowest BCUT2D eigenvalue weighted by Gasteiger charge is -2.30. The third kappa shape index (κ3) is 3.15. The molecule has 0 aromatic heterocycles. The average Bonchev–Trinajstić information content (AvgIpc) is 2.48. The molecule has 0 aliphatic carbocycles. The van der Waals surface area contributed by atoms with Crippen molar-refractivity contribution < 1.29 is 9.84 Å². The summed E-state index contributed by atoms with van der Waals surface area (Å²) >= 11 is 0. The van der Waals surface area contributed by atoms with Gasteiger partial charge in [-0.1, -0.05) is 0 Å². The van der Waals surface area contributed by atoms with Crippen LogP contribution < -0.4 is 15.0 Å². The average molecular weight is 250 g/mol. The summed E-state index contributed by atoms with van der Waals surface area (Å²) < 4.78 is 5.16. The van der Waals surface area contributed by atoms with E-state index in [0.717, 1.165) is 18.0 Å². The second-order valence-electron chi connectivity index (χ2n) is 5.36. The first-order valence-electron chi connectivity index (χ1n) is 6.35. The first-order chi connectivity index (χ1) is 8.50. The van der Waals surface area contributed by atoms with E-state index >= 15 is 0 Å². The normalized spacial score (nSPS) is 28.9. The highest BCUT2D eigenvalue weighted by Gasteiger charge is 2.29. The highest BCUT2D eigenvalue weighted by Crippen LogP contribution is 2.22. The number of anilines is 1. The molecule has 2 N–H and O–H groups in total. The molecule has 0 radical (unpaired) electrons. The molecule has 2 unspecified atom stereocenters. The van der Waals surface area contributed by atoms with Crippen LogP contribution in [0.5, 0.6) is 5.75 Å². The molecule has 1 aromatic rings. The molecule has 2 rings (SSSR count). The van der Waals surface area contributed by atoms with E-state index in [1.165, 1.54) is 0 Å². The first kappa shape index (κ1) is 13.2. The van der Waals surface area contributed by atoms with E-state index in [-0.39, 0.29) is 0 Å². The zero-order valence-electron chi connectivity index (χ0n) is 11.3. The molecule has 0 bridgehead atoms. The van der Waals surface area contributed by atoms with Gasteiger partial charge in [-0.15, -0.1) is 0 Å². The van der Waals surface area contributed by atoms with Gasteiger partial charge < -0.3 is 20.1 Å². The highest BCUT2D eigenvalue weighted by molar-refractivity contribution is 5.49. The van der Waals surface area contributed by atoms with Gasteiger partial charge in [0, 0.05) is 31.4 Å². The number of β-amino-alcohol motifs (C(OH)–C–C–N with tert-alkyl or cyclic N) is 1. The molecule has 2 atom stereocenters. The van der Waals surface area contributed by atoms with Crippen molar-refractivity contribution >= 4 is 5.69 Å². The highest BCUT2D eigenvalue weighted by atomic mass is 16.5. The molecule has 1 aliphatic rings. The van der Waals surface area contributed by atoms with Gasteiger partial charge in [0.15, 0.2) is 0 Å². The summed E-state index contributed by atoms with van der Waals surface area (Å²) in [4.78, 5) is 2.21. The Morgan fingerprint density at radius 1 is 1.39 bits per heavy atom. The van der Waals surface area contributed by atoms with Gasteiger partial charge in [-0.25, -0.2) is 0 Å². The molecular weight excluding hydrogens is 228 g/mol. The van der Waals surface area contributed by atoms with Crippen LogP contribution in [0, 0.1) is 0 Å². The second kappa shape index (κ2) is 5.16. The van der Waals surface area contributed by atoms with E-state index in [9.17, 15) is 5.11 Å². The van der Waals surface area contributed by atoms with E-state index < -0.39 is 5.60 Å². The minimum atomic E-state index is -0.704. The van der Waals surface area contributed by atoms with Crippen LogP contribution in [-0.2, 0) is 0 Å². The molecule has 1 heterocycles. The van der Waals surface area contributed by atoms with E-state index in [0.29, 0.717) is 19.1 Å². The number of benzene rings is 1. The maximum absolute atomic E-state index is 10.3. The standard InChI is InChI=1S/C14H22N2O2/c1-11-8-16(10-14(2,17)9-15-11)12-4-6-13(18-3)7-5-12/h4-7,11,15,17H,8-10H2,1-3H3. The van der Waals surface area contributed by atoms with Gasteiger partial charge >= 0.3 is 0 Å². The quantitative estimate of drug-likeness (QED) is 0.829. The zero-order chi connectivity index (χ0) is 13.2. The smallest absolute Gasteiger partial charge is 0.119 e. The number of hydrogen-bond acceptors (Lipinski definition) is 4. The van der Waals surface area contributed by atoms with E-state index in [1.807, 2.05) is 31.2 Å². The fourth-order valence-electron chi connectivity index (χ4n) is 2.31. The Morgan fingerprint density at radius 3 is 2.67 bits per heavy atom. The molecule has 1 aromatic carbocycles. The van der Waals surface area contributed by atoms with Crippen molar-refractivity contribution in [1.82, 2.24) is 5.32 Å². The Balaban J connectivity index is 2.18. The molecule has 4 nitrogen and oxygen atoms in total. The van der Waals surface area contributed by atoms with Crippen molar-refractivity contribution in [2.75, 3.05) is 31.6 Å². The molecule has 0 amide bonds. The van der Waals surface area contributed by atoms with Crippen LogP contribution in [0.1, 0.15) is 13.8 Å². The predicted octanol–water partition coefficient (Wildman–Crippen LogP) is 1.24. The number of methoxy groups -OCH3 is 1. The Kier molecular flexibility index (Phi) is 3.78. The minimum Gasteiger partial charge on any atom is -0.497 e. The number of rotatable bonds is 2. The number of ether oxygens (including phenoxy) is 1. The lowest BCUT2D eigenvalue weighted by Crippen LogP contribution is -2.43. The van der Waals surface area contributed by atoms with Gasteiger partial charge in [0.05, 0.1) is 12.7 Å². The van der Waals surface area contributed by atoms with Crippen LogP contribution >= 0.6 is 0 Å².